The van der Waals surface area contributed by atoms with Crippen LogP contribution in [0.15, 0.2) is 12.1 Å². The van der Waals surface area contributed by atoms with E-state index in [1.54, 1.807) is 14.2 Å². The van der Waals surface area contributed by atoms with Gasteiger partial charge in [-0.1, -0.05) is 0 Å². The third kappa shape index (κ3) is 2.59. The second kappa shape index (κ2) is 5.37. The van der Waals surface area contributed by atoms with Crippen LogP contribution in [0.5, 0.6) is 11.5 Å². The zero-order valence-electron chi connectivity index (χ0n) is 11.4. The van der Waals surface area contributed by atoms with Gasteiger partial charge in [0.2, 0.25) is 0 Å². The standard InChI is InChI=1S/C14H18N2O3/c1-10-4-12(17-2)13(18-3)5-11(10)16-7-14(6-15)8-19-9-14/h4-5,16H,7-9H2,1-3H3. The van der Waals surface area contributed by atoms with E-state index in [4.69, 9.17) is 19.5 Å². The minimum Gasteiger partial charge on any atom is -0.493 e. The van der Waals surface area contributed by atoms with Gasteiger partial charge in [0.15, 0.2) is 11.5 Å². The highest BCUT2D eigenvalue weighted by molar-refractivity contribution is 5.60. The van der Waals surface area contributed by atoms with Gasteiger partial charge in [-0.3, -0.25) is 0 Å². The maximum absolute atomic E-state index is 9.15. The molecule has 0 aromatic heterocycles. The van der Waals surface area contributed by atoms with E-state index in [9.17, 15) is 0 Å². The third-order valence-corrected chi connectivity index (χ3v) is 3.34. The molecule has 2 rings (SSSR count). The fourth-order valence-electron chi connectivity index (χ4n) is 1.99. The summed E-state index contributed by atoms with van der Waals surface area (Å²) in [6, 6.07) is 6.11. The molecule has 1 aromatic rings. The van der Waals surface area contributed by atoms with E-state index in [1.807, 2.05) is 19.1 Å². The Morgan fingerprint density at radius 3 is 2.42 bits per heavy atom. The Morgan fingerprint density at radius 1 is 1.32 bits per heavy atom. The van der Waals surface area contributed by atoms with Crippen molar-refractivity contribution in [2.45, 2.75) is 6.92 Å². The zero-order valence-corrected chi connectivity index (χ0v) is 11.4. The van der Waals surface area contributed by atoms with Crippen molar-refractivity contribution in [2.24, 2.45) is 5.41 Å². The Hall–Kier alpha value is -1.93. The summed E-state index contributed by atoms with van der Waals surface area (Å²) in [6.45, 7) is 3.53. The predicted octanol–water partition coefficient (Wildman–Crippen LogP) is 1.96. The molecule has 1 fully saturated rings. The van der Waals surface area contributed by atoms with E-state index in [-0.39, 0.29) is 0 Å². The van der Waals surface area contributed by atoms with Gasteiger partial charge in [-0.15, -0.1) is 0 Å². The minimum absolute atomic E-state index is 0.403. The molecular weight excluding hydrogens is 244 g/mol. The van der Waals surface area contributed by atoms with Crippen LogP contribution in [0.2, 0.25) is 0 Å². The summed E-state index contributed by atoms with van der Waals surface area (Å²) >= 11 is 0. The molecule has 19 heavy (non-hydrogen) atoms. The molecule has 0 unspecified atom stereocenters. The van der Waals surface area contributed by atoms with E-state index in [0.717, 1.165) is 11.3 Å². The van der Waals surface area contributed by atoms with Crippen molar-refractivity contribution in [3.63, 3.8) is 0 Å². The molecule has 0 atom stereocenters. The van der Waals surface area contributed by atoms with Gasteiger partial charge in [-0.25, -0.2) is 0 Å². The van der Waals surface area contributed by atoms with Crippen molar-refractivity contribution < 1.29 is 14.2 Å². The van der Waals surface area contributed by atoms with E-state index in [2.05, 4.69) is 11.4 Å². The monoisotopic (exact) mass is 262 g/mol. The SMILES string of the molecule is COc1cc(C)c(NCC2(C#N)COC2)cc1OC. The summed E-state index contributed by atoms with van der Waals surface area (Å²) in [5, 5.41) is 12.4. The Kier molecular flexibility index (Phi) is 3.82. The van der Waals surface area contributed by atoms with Crippen molar-refractivity contribution in [1.82, 2.24) is 0 Å². The lowest BCUT2D eigenvalue weighted by atomic mass is 9.88. The number of rotatable bonds is 5. The number of ether oxygens (including phenoxy) is 3. The van der Waals surface area contributed by atoms with Crippen LogP contribution in [0.25, 0.3) is 0 Å². The number of anilines is 1. The number of aryl methyl sites for hydroxylation is 1. The van der Waals surface area contributed by atoms with Crippen molar-refractivity contribution >= 4 is 5.69 Å². The average molecular weight is 262 g/mol. The van der Waals surface area contributed by atoms with Crippen LogP contribution in [0.3, 0.4) is 0 Å². The first-order valence-electron chi connectivity index (χ1n) is 6.09. The molecule has 0 bridgehead atoms. The first-order valence-corrected chi connectivity index (χ1v) is 6.09. The van der Waals surface area contributed by atoms with Crippen LogP contribution >= 0.6 is 0 Å². The highest BCUT2D eigenvalue weighted by atomic mass is 16.5. The van der Waals surface area contributed by atoms with Crippen LogP contribution in [-0.2, 0) is 4.74 Å². The number of nitrogens with one attached hydrogen (secondary N) is 1. The molecule has 1 aliphatic rings. The fraction of sp³-hybridized carbons (Fsp3) is 0.500. The lowest BCUT2D eigenvalue weighted by Crippen LogP contribution is -2.46. The molecule has 0 saturated carbocycles. The van der Waals surface area contributed by atoms with E-state index < -0.39 is 5.41 Å². The van der Waals surface area contributed by atoms with E-state index in [0.29, 0.717) is 31.3 Å². The summed E-state index contributed by atoms with van der Waals surface area (Å²) in [6.07, 6.45) is 0. The molecule has 0 radical (unpaired) electrons. The number of hydrogen-bond donors (Lipinski definition) is 1. The molecule has 5 heteroatoms. The van der Waals surface area contributed by atoms with Gasteiger partial charge in [0.25, 0.3) is 0 Å². The first-order chi connectivity index (χ1) is 9.14. The van der Waals surface area contributed by atoms with Gasteiger partial charge in [-0.2, -0.15) is 5.26 Å². The fourth-order valence-corrected chi connectivity index (χ4v) is 1.99. The number of nitriles is 1. The summed E-state index contributed by atoms with van der Waals surface area (Å²) < 4.78 is 15.6. The zero-order chi connectivity index (χ0) is 13.9. The highest BCUT2D eigenvalue weighted by Gasteiger charge is 2.38. The Morgan fingerprint density at radius 2 is 1.95 bits per heavy atom. The first kappa shape index (κ1) is 13.5. The van der Waals surface area contributed by atoms with Gasteiger partial charge in [0, 0.05) is 18.3 Å². The van der Waals surface area contributed by atoms with Crippen LogP contribution in [0, 0.1) is 23.7 Å². The second-order valence-corrected chi connectivity index (χ2v) is 4.76. The molecular formula is C14H18N2O3. The van der Waals surface area contributed by atoms with Crippen LogP contribution in [0.4, 0.5) is 5.69 Å². The predicted molar refractivity (Wildman–Crippen MR) is 71.6 cm³/mol. The normalized spacial score (nSPS) is 16.1. The third-order valence-electron chi connectivity index (χ3n) is 3.34. The Balaban J connectivity index is 2.14. The second-order valence-electron chi connectivity index (χ2n) is 4.76. The van der Waals surface area contributed by atoms with Gasteiger partial charge < -0.3 is 19.5 Å². The van der Waals surface area contributed by atoms with Crippen LogP contribution in [-0.4, -0.2) is 34.0 Å². The lowest BCUT2D eigenvalue weighted by molar-refractivity contribution is -0.0690. The summed E-state index contributed by atoms with van der Waals surface area (Å²) in [5.41, 5.74) is 1.59. The molecule has 1 aliphatic heterocycles. The molecule has 102 valence electrons. The van der Waals surface area contributed by atoms with Gasteiger partial charge >= 0.3 is 0 Å². The molecule has 1 aromatic carbocycles. The van der Waals surface area contributed by atoms with Crippen LogP contribution < -0.4 is 14.8 Å². The maximum Gasteiger partial charge on any atom is 0.162 e. The number of hydrogen-bond acceptors (Lipinski definition) is 5. The van der Waals surface area contributed by atoms with Crippen LogP contribution in [0.1, 0.15) is 5.56 Å². The molecule has 1 saturated heterocycles. The summed E-state index contributed by atoms with van der Waals surface area (Å²) in [4.78, 5) is 0. The quantitative estimate of drug-likeness (QED) is 0.879. The number of methoxy groups -OCH3 is 2. The van der Waals surface area contributed by atoms with E-state index in [1.165, 1.54) is 0 Å². The number of nitrogens with zero attached hydrogens (tertiary/aromatic N) is 1. The Bertz CT molecular complexity index is 504. The summed E-state index contributed by atoms with van der Waals surface area (Å²) in [7, 11) is 3.22. The highest BCUT2D eigenvalue weighted by Crippen LogP contribution is 2.34. The van der Waals surface area contributed by atoms with Gasteiger partial charge in [0.1, 0.15) is 5.41 Å². The Labute approximate surface area is 113 Å². The molecule has 0 spiro atoms. The lowest BCUT2D eigenvalue weighted by Gasteiger charge is -2.35. The van der Waals surface area contributed by atoms with Crippen molar-refractivity contribution in [1.29, 1.82) is 5.26 Å². The van der Waals surface area contributed by atoms with Crippen molar-refractivity contribution in [2.75, 3.05) is 39.3 Å². The number of benzene rings is 1. The molecule has 1 N–H and O–H groups in total. The topological polar surface area (TPSA) is 63.5 Å². The van der Waals surface area contributed by atoms with Crippen molar-refractivity contribution in [3.8, 4) is 17.6 Å². The smallest absolute Gasteiger partial charge is 0.162 e. The molecule has 1 heterocycles. The van der Waals surface area contributed by atoms with Gasteiger partial charge in [0.05, 0.1) is 33.5 Å². The van der Waals surface area contributed by atoms with Crippen molar-refractivity contribution in [3.05, 3.63) is 17.7 Å². The van der Waals surface area contributed by atoms with Gasteiger partial charge in [-0.05, 0) is 18.6 Å². The average Bonchev–Trinajstić information content (AvgIpc) is 2.39. The largest absolute Gasteiger partial charge is 0.493 e. The van der Waals surface area contributed by atoms with E-state index >= 15 is 0 Å². The molecule has 0 aliphatic carbocycles. The molecule has 0 amide bonds. The molecule has 5 nitrogen and oxygen atoms in total. The maximum atomic E-state index is 9.15. The summed E-state index contributed by atoms with van der Waals surface area (Å²) in [5.74, 6) is 1.37. The minimum atomic E-state index is -0.403.